The molecule has 0 unspecified atom stereocenters. The van der Waals surface area contributed by atoms with Crippen molar-refractivity contribution < 1.29 is 22.7 Å². The summed E-state index contributed by atoms with van der Waals surface area (Å²) in [6, 6.07) is 12.0. The average Bonchev–Trinajstić information content (AvgIpc) is 3.13. The molecule has 0 aliphatic carbocycles. The summed E-state index contributed by atoms with van der Waals surface area (Å²) < 4.78 is 41.1. The number of hydrogen-bond donors (Lipinski definition) is 0. The van der Waals surface area contributed by atoms with E-state index in [9.17, 15) is 13.2 Å². The van der Waals surface area contributed by atoms with Crippen molar-refractivity contribution in [2.75, 3.05) is 20.3 Å². The van der Waals surface area contributed by atoms with Crippen LogP contribution in [0.4, 0.5) is 0 Å². The Balaban J connectivity index is 1.93. The lowest BCUT2D eigenvalue weighted by atomic mass is 10.2. The number of hydrogen-bond acceptors (Lipinski definition) is 6. The summed E-state index contributed by atoms with van der Waals surface area (Å²) in [6.07, 6.45) is 5.95. The van der Waals surface area contributed by atoms with Gasteiger partial charge in [-0.25, -0.2) is 0 Å². The Hall–Kier alpha value is -3.04. The first-order chi connectivity index (χ1) is 16.8. The lowest BCUT2D eigenvalue weighted by Crippen LogP contribution is -2.29. The van der Waals surface area contributed by atoms with Crippen LogP contribution in [0.1, 0.15) is 37.8 Å². The number of unbranched alkanes of at least 4 members (excludes halogenated alkanes) is 1. The Bertz CT molecular complexity index is 1230. The lowest BCUT2D eigenvalue weighted by Gasteiger charge is -2.12. The molecule has 0 spiro atoms. The van der Waals surface area contributed by atoms with Crippen molar-refractivity contribution in [3.8, 4) is 11.5 Å². The van der Waals surface area contributed by atoms with Gasteiger partial charge in [0.2, 0.25) is 0 Å². The van der Waals surface area contributed by atoms with Crippen molar-refractivity contribution in [3.05, 3.63) is 71.2 Å². The molecule has 2 aromatic carbocycles. The summed E-state index contributed by atoms with van der Waals surface area (Å²) in [6.45, 7) is 8.46. The molecular weight excluding hydrogens is 484 g/mol. The van der Waals surface area contributed by atoms with E-state index in [-0.39, 0.29) is 22.5 Å². The van der Waals surface area contributed by atoms with Crippen LogP contribution >= 0.6 is 11.8 Å². The first kappa shape index (κ1) is 26.6. The van der Waals surface area contributed by atoms with Gasteiger partial charge in [-0.3, -0.25) is 9.69 Å². The van der Waals surface area contributed by atoms with Crippen LogP contribution in [0, 0.1) is 0 Å². The molecule has 7 nitrogen and oxygen atoms in total. The Morgan fingerprint density at radius 1 is 1.11 bits per heavy atom. The predicted molar refractivity (Wildman–Crippen MR) is 141 cm³/mol. The fourth-order valence-electron chi connectivity index (χ4n) is 3.29. The summed E-state index contributed by atoms with van der Waals surface area (Å²) in [5, 5.41) is 0.0913. The molecule has 1 saturated heterocycles. The van der Waals surface area contributed by atoms with Crippen LogP contribution in [0.2, 0.25) is 0 Å². The van der Waals surface area contributed by atoms with Crippen molar-refractivity contribution in [1.29, 1.82) is 0 Å². The smallest absolute Gasteiger partial charge is 0.284 e. The van der Waals surface area contributed by atoms with E-state index in [2.05, 4.69) is 17.9 Å². The summed E-state index contributed by atoms with van der Waals surface area (Å²) >= 11 is 1.02. The van der Waals surface area contributed by atoms with Gasteiger partial charge >= 0.3 is 0 Å². The molecule has 1 fully saturated rings. The van der Waals surface area contributed by atoms with E-state index in [1.54, 1.807) is 37.5 Å². The van der Waals surface area contributed by atoms with Gasteiger partial charge in [0.1, 0.15) is 0 Å². The Morgan fingerprint density at radius 3 is 2.49 bits per heavy atom. The van der Waals surface area contributed by atoms with Crippen molar-refractivity contribution in [3.63, 3.8) is 0 Å². The molecule has 1 aliphatic heterocycles. The number of amidine groups is 1. The minimum absolute atomic E-state index is 0.0789. The number of rotatable bonds is 11. The van der Waals surface area contributed by atoms with E-state index in [4.69, 9.17) is 9.47 Å². The Kier molecular flexibility index (Phi) is 9.17. The number of ether oxygens (including phenoxy) is 2. The number of carbonyl (C=O) groups is 1. The van der Waals surface area contributed by atoms with Gasteiger partial charge in [-0.05, 0) is 66.1 Å². The van der Waals surface area contributed by atoms with Crippen LogP contribution in [-0.4, -0.2) is 44.7 Å². The highest BCUT2D eigenvalue weighted by Gasteiger charge is 2.34. The van der Waals surface area contributed by atoms with E-state index >= 15 is 0 Å². The van der Waals surface area contributed by atoms with Crippen LogP contribution in [0.25, 0.3) is 6.08 Å². The van der Waals surface area contributed by atoms with Gasteiger partial charge in [0.05, 0.1) is 23.5 Å². The first-order valence-corrected chi connectivity index (χ1v) is 13.7. The predicted octanol–water partition coefficient (Wildman–Crippen LogP) is 5.28. The molecule has 1 aliphatic rings. The number of carbonyl (C=O) groups excluding carboxylic acids is 1. The SMILES string of the molecule is C=CCN1C(=O)/C(=C/c2ccc(OC)c(OCCCC)c2)S/C1=N/S(=O)(=O)c1ccc(CC)cc1. The zero-order chi connectivity index (χ0) is 25.4. The molecule has 3 rings (SSSR count). The van der Waals surface area contributed by atoms with Gasteiger partial charge in [-0.2, -0.15) is 8.42 Å². The highest BCUT2D eigenvalue weighted by atomic mass is 32.2. The largest absolute Gasteiger partial charge is 0.493 e. The minimum atomic E-state index is -3.99. The van der Waals surface area contributed by atoms with E-state index in [1.165, 1.54) is 23.1 Å². The van der Waals surface area contributed by atoms with Crippen LogP contribution < -0.4 is 9.47 Å². The maximum absolute atomic E-state index is 13.1. The highest BCUT2D eigenvalue weighted by Crippen LogP contribution is 2.35. The number of nitrogens with zero attached hydrogens (tertiary/aromatic N) is 2. The minimum Gasteiger partial charge on any atom is -0.493 e. The topological polar surface area (TPSA) is 85.3 Å². The number of aryl methyl sites for hydroxylation is 1. The Morgan fingerprint density at radius 2 is 1.86 bits per heavy atom. The number of benzene rings is 2. The quantitative estimate of drug-likeness (QED) is 0.230. The molecule has 0 atom stereocenters. The lowest BCUT2D eigenvalue weighted by molar-refractivity contribution is -0.121. The summed E-state index contributed by atoms with van der Waals surface area (Å²) in [4.78, 5) is 14.8. The van der Waals surface area contributed by atoms with Crippen LogP contribution in [-0.2, 0) is 21.2 Å². The number of amides is 1. The molecule has 186 valence electrons. The second-order valence-electron chi connectivity index (χ2n) is 7.77. The number of sulfonamides is 1. The highest BCUT2D eigenvalue weighted by molar-refractivity contribution is 8.19. The van der Waals surface area contributed by atoms with E-state index in [1.807, 2.05) is 13.0 Å². The van der Waals surface area contributed by atoms with Crippen molar-refractivity contribution in [2.24, 2.45) is 4.40 Å². The van der Waals surface area contributed by atoms with Gasteiger partial charge in [0.15, 0.2) is 16.7 Å². The third kappa shape index (κ3) is 6.55. The fourth-order valence-corrected chi connectivity index (χ4v) is 5.48. The van der Waals surface area contributed by atoms with Crippen LogP contribution in [0.5, 0.6) is 11.5 Å². The summed E-state index contributed by atoms with van der Waals surface area (Å²) in [5.74, 6) is 0.847. The molecule has 0 N–H and O–H groups in total. The van der Waals surface area contributed by atoms with Gasteiger partial charge < -0.3 is 9.47 Å². The maximum Gasteiger partial charge on any atom is 0.284 e. The van der Waals surface area contributed by atoms with Gasteiger partial charge in [-0.15, -0.1) is 11.0 Å². The van der Waals surface area contributed by atoms with Gasteiger partial charge in [0, 0.05) is 6.54 Å². The first-order valence-electron chi connectivity index (χ1n) is 11.4. The van der Waals surface area contributed by atoms with Gasteiger partial charge in [0.25, 0.3) is 15.9 Å². The fraction of sp³-hybridized carbons (Fsp3) is 0.308. The van der Waals surface area contributed by atoms with Crippen molar-refractivity contribution in [2.45, 2.75) is 38.0 Å². The van der Waals surface area contributed by atoms with E-state index < -0.39 is 10.0 Å². The molecule has 35 heavy (non-hydrogen) atoms. The standard InChI is InChI=1S/C26H30N2O5S2/c1-5-8-16-33-23-17-20(11-14-22(23)32-4)18-24-25(29)28(15-6-2)26(34-24)27-35(30,31)21-12-9-19(7-3)10-13-21/h6,9-14,17-18H,2,5,7-8,15-16H2,1,3-4H3/b24-18-,27-26+. The van der Waals surface area contributed by atoms with Crippen molar-refractivity contribution in [1.82, 2.24) is 4.90 Å². The van der Waals surface area contributed by atoms with Crippen LogP contribution in [0.15, 0.2) is 69.3 Å². The van der Waals surface area contributed by atoms with E-state index in [0.29, 0.717) is 23.0 Å². The molecule has 0 saturated carbocycles. The molecule has 0 aromatic heterocycles. The van der Waals surface area contributed by atoms with Crippen molar-refractivity contribution >= 4 is 38.9 Å². The average molecular weight is 515 g/mol. The third-order valence-electron chi connectivity index (χ3n) is 5.27. The second kappa shape index (κ2) is 12.1. The summed E-state index contributed by atoms with van der Waals surface area (Å²) in [5.41, 5.74) is 1.75. The van der Waals surface area contributed by atoms with Gasteiger partial charge in [-0.1, -0.05) is 44.5 Å². The molecule has 1 heterocycles. The number of methoxy groups -OCH3 is 1. The number of thioether (sulfide) groups is 1. The zero-order valence-corrected chi connectivity index (χ0v) is 21.8. The molecule has 2 aromatic rings. The normalized spacial score (nSPS) is 16.2. The second-order valence-corrected chi connectivity index (χ2v) is 10.4. The summed E-state index contributed by atoms with van der Waals surface area (Å²) in [7, 11) is -2.42. The molecule has 0 bridgehead atoms. The Labute approximate surface area is 211 Å². The molecule has 1 amide bonds. The van der Waals surface area contributed by atoms with E-state index in [0.717, 1.165) is 42.2 Å². The molecule has 0 radical (unpaired) electrons. The monoisotopic (exact) mass is 514 g/mol. The molecular formula is C26H30N2O5S2. The third-order valence-corrected chi connectivity index (χ3v) is 7.67. The van der Waals surface area contributed by atoms with Crippen LogP contribution in [0.3, 0.4) is 0 Å². The molecule has 9 heteroatoms. The zero-order valence-electron chi connectivity index (χ0n) is 20.2. The maximum atomic E-state index is 13.1.